The van der Waals surface area contributed by atoms with Gasteiger partial charge in [-0.25, -0.2) is 29.5 Å². The lowest BCUT2D eigenvalue weighted by molar-refractivity contribution is 0.0676. The van der Waals surface area contributed by atoms with Gasteiger partial charge < -0.3 is 20.8 Å². The van der Waals surface area contributed by atoms with Crippen LogP contribution in [0.1, 0.15) is 42.0 Å². The van der Waals surface area contributed by atoms with Gasteiger partial charge in [0.05, 0.1) is 0 Å². The van der Waals surface area contributed by atoms with Crippen molar-refractivity contribution in [2.24, 2.45) is 0 Å². The summed E-state index contributed by atoms with van der Waals surface area (Å²) in [5.41, 5.74) is -1.09. The maximum Gasteiger partial charge on any atom is 0.356 e. The lowest BCUT2D eigenvalue weighted by atomic mass is 10.2. The predicted octanol–water partition coefficient (Wildman–Crippen LogP) is 1.17. The summed E-state index contributed by atoms with van der Waals surface area (Å²) >= 11 is 0. The van der Waals surface area contributed by atoms with E-state index in [4.69, 9.17) is 10.2 Å². The highest BCUT2D eigenvalue weighted by Gasteiger charge is 2.21. The molecule has 150 valence electrons. The monoisotopic (exact) mass is 408 g/mol. The Hall–Kier alpha value is -4.74. The number of aromatic nitrogens is 4. The van der Waals surface area contributed by atoms with E-state index in [1.165, 1.54) is 36.7 Å². The van der Waals surface area contributed by atoms with Crippen molar-refractivity contribution in [2.75, 3.05) is 10.6 Å². The van der Waals surface area contributed by atoms with E-state index in [-0.39, 0.29) is 11.4 Å². The molecule has 0 unspecified atom stereocenters. The van der Waals surface area contributed by atoms with Crippen LogP contribution in [0, 0.1) is 0 Å². The molecular weight excluding hydrogens is 396 g/mol. The zero-order valence-electron chi connectivity index (χ0n) is 14.9. The van der Waals surface area contributed by atoms with Crippen molar-refractivity contribution in [1.82, 2.24) is 19.9 Å². The molecule has 12 nitrogen and oxygen atoms in total. The maximum absolute atomic E-state index is 12.3. The van der Waals surface area contributed by atoms with Crippen LogP contribution in [-0.2, 0) is 0 Å². The molecule has 0 saturated carbocycles. The fourth-order valence-corrected chi connectivity index (χ4v) is 2.34. The van der Waals surface area contributed by atoms with E-state index < -0.39 is 35.1 Å². The van der Waals surface area contributed by atoms with Gasteiger partial charge in [-0.15, -0.1) is 0 Å². The molecule has 0 bridgehead atoms. The lowest BCUT2D eigenvalue weighted by Gasteiger charge is -2.09. The van der Waals surface area contributed by atoms with Crippen LogP contribution in [0.5, 0.6) is 0 Å². The van der Waals surface area contributed by atoms with Crippen LogP contribution in [0.15, 0.2) is 49.1 Å². The summed E-state index contributed by atoms with van der Waals surface area (Å²) in [6, 6.07) is 5.77. The minimum atomic E-state index is -1.39. The van der Waals surface area contributed by atoms with E-state index in [0.29, 0.717) is 11.4 Å². The molecule has 0 radical (unpaired) electrons. The lowest BCUT2D eigenvalue weighted by Crippen LogP contribution is -2.20. The number of amides is 2. The van der Waals surface area contributed by atoms with Crippen molar-refractivity contribution in [1.29, 1.82) is 0 Å². The number of aromatic carboxylic acids is 2. The van der Waals surface area contributed by atoms with Crippen LogP contribution in [0.25, 0.3) is 0 Å². The molecule has 2 heterocycles. The number of hydrogen-bond donors (Lipinski definition) is 4. The molecule has 12 heteroatoms. The Kier molecular flexibility index (Phi) is 5.68. The van der Waals surface area contributed by atoms with Gasteiger partial charge in [0.1, 0.15) is 0 Å². The number of anilines is 2. The first-order valence-electron chi connectivity index (χ1n) is 8.18. The fraction of sp³-hybridized carbons (Fsp3) is 0. The molecule has 30 heavy (non-hydrogen) atoms. The summed E-state index contributed by atoms with van der Waals surface area (Å²) in [6.45, 7) is 0. The number of carboxylic acid groups (broad SMARTS) is 2. The first-order valence-corrected chi connectivity index (χ1v) is 8.18. The molecule has 0 aliphatic carbocycles. The molecular formula is C18H12N6O6. The maximum atomic E-state index is 12.3. The second-order valence-electron chi connectivity index (χ2n) is 5.60. The van der Waals surface area contributed by atoms with E-state index in [1.807, 2.05) is 0 Å². The third-order valence-electron chi connectivity index (χ3n) is 3.63. The molecule has 3 rings (SSSR count). The Morgan fingerprint density at radius 1 is 0.567 bits per heavy atom. The molecule has 0 fully saturated rings. The number of nitrogens with zero attached hydrogens (tertiary/aromatic N) is 4. The SMILES string of the molecule is O=C(O)c1nccnc1C(=O)Nc1ccc(NC(=O)c2nccnc2C(=O)O)cc1. The van der Waals surface area contributed by atoms with Crippen molar-refractivity contribution in [2.45, 2.75) is 0 Å². The van der Waals surface area contributed by atoms with E-state index >= 15 is 0 Å². The average molecular weight is 408 g/mol. The number of benzene rings is 1. The number of nitrogens with one attached hydrogen (secondary N) is 2. The quantitative estimate of drug-likeness (QED) is 0.461. The van der Waals surface area contributed by atoms with Crippen molar-refractivity contribution >= 4 is 35.1 Å². The second kappa shape index (κ2) is 8.52. The van der Waals surface area contributed by atoms with Gasteiger partial charge >= 0.3 is 11.9 Å². The first kappa shape index (κ1) is 20.0. The zero-order chi connectivity index (χ0) is 21.7. The van der Waals surface area contributed by atoms with Crippen molar-refractivity contribution in [3.8, 4) is 0 Å². The van der Waals surface area contributed by atoms with E-state index in [1.54, 1.807) is 0 Å². The van der Waals surface area contributed by atoms with Crippen LogP contribution in [0.3, 0.4) is 0 Å². The number of carboxylic acids is 2. The Labute approximate surface area is 167 Å². The van der Waals surface area contributed by atoms with Crippen LogP contribution in [0.4, 0.5) is 11.4 Å². The molecule has 0 aliphatic rings. The molecule has 1 aromatic carbocycles. The van der Waals surface area contributed by atoms with Crippen LogP contribution in [0.2, 0.25) is 0 Å². The number of carbonyl (C=O) groups excluding carboxylic acids is 2. The number of carbonyl (C=O) groups is 4. The van der Waals surface area contributed by atoms with Crippen LogP contribution < -0.4 is 10.6 Å². The largest absolute Gasteiger partial charge is 0.476 e. The third kappa shape index (κ3) is 4.39. The smallest absolute Gasteiger partial charge is 0.356 e. The Balaban J connectivity index is 1.72. The Morgan fingerprint density at radius 2 is 0.867 bits per heavy atom. The predicted molar refractivity (Wildman–Crippen MR) is 100 cm³/mol. The summed E-state index contributed by atoms with van der Waals surface area (Å²) in [5.74, 6) is -4.34. The van der Waals surface area contributed by atoms with E-state index in [2.05, 4.69) is 30.6 Å². The highest BCUT2D eigenvalue weighted by molar-refractivity contribution is 6.09. The Bertz CT molecular complexity index is 1060. The van der Waals surface area contributed by atoms with Gasteiger partial charge in [-0.05, 0) is 24.3 Å². The molecule has 4 N–H and O–H groups in total. The minimum absolute atomic E-state index is 0.297. The summed E-state index contributed by atoms with van der Waals surface area (Å²) in [6.07, 6.45) is 4.70. The molecule has 0 spiro atoms. The van der Waals surface area contributed by atoms with Crippen molar-refractivity contribution in [3.05, 3.63) is 71.8 Å². The van der Waals surface area contributed by atoms with Crippen LogP contribution in [-0.4, -0.2) is 53.9 Å². The van der Waals surface area contributed by atoms with Crippen LogP contribution >= 0.6 is 0 Å². The highest BCUT2D eigenvalue weighted by Crippen LogP contribution is 2.16. The van der Waals surface area contributed by atoms with Gasteiger partial charge in [-0.3, -0.25) is 9.59 Å². The van der Waals surface area contributed by atoms with Gasteiger partial charge in [0.15, 0.2) is 22.8 Å². The van der Waals surface area contributed by atoms with Gasteiger partial charge in [0.25, 0.3) is 11.8 Å². The average Bonchev–Trinajstić information content (AvgIpc) is 2.75. The highest BCUT2D eigenvalue weighted by atomic mass is 16.4. The minimum Gasteiger partial charge on any atom is -0.476 e. The molecule has 0 atom stereocenters. The summed E-state index contributed by atoms with van der Waals surface area (Å²) in [7, 11) is 0. The van der Waals surface area contributed by atoms with E-state index in [9.17, 15) is 19.2 Å². The molecule has 0 aliphatic heterocycles. The summed E-state index contributed by atoms with van der Waals surface area (Å²) < 4.78 is 0. The van der Waals surface area contributed by atoms with E-state index in [0.717, 1.165) is 12.4 Å². The topological polar surface area (TPSA) is 184 Å². The van der Waals surface area contributed by atoms with Crippen molar-refractivity contribution in [3.63, 3.8) is 0 Å². The number of hydrogen-bond acceptors (Lipinski definition) is 8. The molecule has 2 amide bonds. The van der Waals surface area contributed by atoms with Crippen molar-refractivity contribution < 1.29 is 29.4 Å². The first-order chi connectivity index (χ1) is 14.4. The van der Waals surface area contributed by atoms with Gasteiger partial charge in [0, 0.05) is 36.2 Å². The molecule has 3 aromatic rings. The second-order valence-corrected chi connectivity index (χ2v) is 5.60. The fourth-order valence-electron chi connectivity index (χ4n) is 2.34. The zero-order valence-corrected chi connectivity index (χ0v) is 14.9. The normalized spacial score (nSPS) is 10.1. The van der Waals surface area contributed by atoms with Gasteiger partial charge in [0.2, 0.25) is 0 Å². The number of rotatable bonds is 6. The summed E-state index contributed by atoms with van der Waals surface area (Å²) in [4.78, 5) is 61.5. The van der Waals surface area contributed by atoms with Gasteiger partial charge in [-0.1, -0.05) is 0 Å². The Morgan fingerprint density at radius 3 is 1.17 bits per heavy atom. The summed E-state index contributed by atoms with van der Waals surface area (Å²) in [5, 5.41) is 23.1. The van der Waals surface area contributed by atoms with Gasteiger partial charge in [-0.2, -0.15) is 0 Å². The third-order valence-corrected chi connectivity index (χ3v) is 3.63. The molecule has 2 aromatic heterocycles. The standard InChI is InChI=1S/C18H12N6O6/c25-15(11-13(17(27)28)21-7-5-19-11)23-9-1-2-10(4-3-9)24-16(26)12-14(18(29)30)22-8-6-20-12/h1-8H,(H,23,25)(H,24,26)(H,27,28)(H,29,30). The molecule has 0 saturated heterocycles.